The summed E-state index contributed by atoms with van der Waals surface area (Å²) in [4.78, 5) is 11.5. The largest absolute Gasteiger partial charge is 0.416 e. The number of hydrogen-bond acceptors (Lipinski definition) is 2. The third kappa shape index (κ3) is 6.92. The second-order valence-electron chi connectivity index (χ2n) is 6.33. The second kappa shape index (κ2) is 8.06. The van der Waals surface area contributed by atoms with Crippen LogP contribution in [0.4, 0.5) is 18.0 Å². The molecule has 0 heterocycles. The molecule has 0 aliphatic carbocycles. The van der Waals surface area contributed by atoms with Gasteiger partial charge < -0.3 is 15.7 Å². The maximum absolute atomic E-state index is 12.6. The van der Waals surface area contributed by atoms with Crippen molar-refractivity contribution < 1.29 is 23.1 Å². The second-order valence-corrected chi connectivity index (χ2v) is 6.33. The summed E-state index contributed by atoms with van der Waals surface area (Å²) in [6.45, 7) is 5.61. The molecule has 3 N–H and O–H groups in total. The Balaban J connectivity index is 2.46. The zero-order chi connectivity index (χ0) is 18.4. The van der Waals surface area contributed by atoms with Crippen LogP contribution in [0.5, 0.6) is 0 Å². The first-order valence-electron chi connectivity index (χ1n) is 7.36. The van der Waals surface area contributed by atoms with Crippen LogP contribution in [0.1, 0.15) is 31.9 Å². The summed E-state index contributed by atoms with van der Waals surface area (Å²) in [7, 11) is 0. The molecule has 1 aromatic rings. The normalized spacial score (nSPS) is 12.8. The molecule has 0 saturated carbocycles. The van der Waals surface area contributed by atoms with E-state index in [1.807, 2.05) is 20.8 Å². The first kappa shape index (κ1) is 19.8. The van der Waals surface area contributed by atoms with Gasteiger partial charge in [0, 0.05) is 12.1 Å². The van der Waals surface area contributed by atoms with Crippen molar-refractivity contribution in [1.29, 1.82) is 0 Å². The lowest BCUT2D eigenvalue weighted by atomic mass is 9.89. The Morgan fingerprint density at radius 1 is 1.25 bits per heavy atom. The number of halogens is 3. The van der Waals surface area contributed by atoms with E-state index in [0.717, 1.165) is 12.1 Å². The Bertz CT molecular complexity index is 625. The van der Waals surface area contributed by atoms with Crippen LogP contribution in [0.15, 0.2) is 24.3 Å². The number of nitrogens with one attached hydrogen (secondary N) is 2. The summed E-state index contributed by atoms with van der Waals surface area (Å²) >= 11 is 0. The van der Waals surface area contributed by atoms with Gasteiger partial charge in [-0.3, -0.25) is 0 Å². The van der Waals surface area contributed by atoms with Crippen LogP contribution in [0.3, 0.4) is 0 Å². The van der Waals surface area contributed by atoms with Gasteiger partial charge in [0.25, 0.3) is 0 Å². The lowest BCUT2D eigenvalue weighted by molar-refractivity contribution is -0.137. The van der Waals surface area contributed by atoms with Crippen molar-refractivity contribution >= 4 is 6.03 Å². The van der Waals surface area contributed by atoms with Gasteiger partial charge in [-0.25, -0.2) is 4.79 Å². The Labute approximate surface area is 139 Å². The first-order chi connectivity index (χ1) is 11.0. The fourth-order valence-corrected chi connectivity index (χ4v) is 1.60. The van der Waals surface area contributed by atoms with Crippen LogP contribution in [-0.4, -0.2) is 30.3 Å². The Hall–Kier alpha value is -2.20. The van der Waals surface area contributed by atoms with Crippen LogP contribution in [0.2, 0.25) is 0 Å². The third-order valence-corrected chi connectivity index (χ3v) is 3.22. The van der Waals surface area contributed by atoms with Crippen LogP contribution < -0.4 is 10.6 Å². The Kier molecular flexibility index (Phi) is 6.67. The van der Waals surface area contributed by atoms with E-state index in [1.54, 1.807) is 0 Å². The quantitative estimate of drug-likeness (QED) is 0.740. The number of amides is 2. The number of carbonyl (C=O) groups is 1. The lowest BCUT2D eigenvalue weighted by Crippen LogP contribution is -2.43. The van der Waals surface area contributed by atoms with E-state index >= 15 is 0 Å². The van der Waals surface area contributed by atoms with Gasteiger partial charge >= 0.3 is 12.2 Å². The van der Waals surface area contributed by atoms with E-state index < -0.39 is 23.9 Å². The maximum atomic E-state index is 12.6. The average Bonchev–Trinajstić information content (AvgIpc) is 2.47. The van der Waals surface area contributed by atoms with Gasteiger partial charge in [0.15, 0.2) is 0 Å². The predicted octanol–water partition coefficient (Wildman–Crippen LogP) is 2.76. The van der Waals surface area contributed by atoms with Crippen molar-refractivity contribution in [3.8, 4) is 11.8 Å². The third-order valence-electron chi connectivity index (χ3n) is 3.22. The minimum absolute atomic E-state index is 0.0201. The highest BCUT2D eigenvalue weighted by molar-refractivity contribution is 5.74. The summed E-state index contributed by atoms with van der Waals surface area (Å²) in [5, 5.41) is 14.7. The number of benzene rings is 1. The maximum Gasteiger partial charge on any atom is 0.416 e. The molecule has 132 valence electrons. The fourth-order valence-electron chi connectivity index (χ4n) is 1.60. The predicted molar refractivity (Wildman–Crippen MR) is 85.2 cm³/mol. The molecule has 0 fully saturated rings. The van der Waals surface area contributed by atoms with E-state index in [1.165, 1.54) is 12.1 Å². The fraction of sp³-hybridized carbons (Fsp3) is 0.471. The van der Waals surface area contributed by atoms with Crippen LogP contribution in [-0.2, 0) is 6.18 Å². The molecule has 0 radical (unpaired) electrons. The van der Waals surface area contributed by atoms with E-state index in [9.17, 15) is 23.1 Å². The van der Waals surface area contributed by atoms with E-state index in [0.29, 0.717) is 0 Å². The summed E-state index contributed by atoms with van der Waals surface area (Å²) in [5.74, 6) is 5.14. The molecule has 4 nitrogen and oxygen atoms in total. The van der Waals surface area contributed by atoms with Crippen molar-refractivity contribution in [2.45, 2.75) is 33.1 Å². The number of carbonyl (C=O) groups excluding carboxylic acids is 1. The van der Waals surface area contributed by atoms with Crippen molar-refractivity contribution in [2.75, 3.05) is 13.1 Å². The molecule has 0 bridgehead atoms. The van der Waals surface area contributed by atoms with Crippen molar-refractivity contribution in [2.24, 2.45) is 5.41 Å². The van der Waals surface area contributed by atoms with Gasteiger partial charge in [-0.1, -0.05) is 38.7 Å². The zero-order valence-corrected chi connectivity index (χ0v) is 13.8. The van der Waals surface area contributed by atoms with Crippen LogP contribution >= 0.6 is 0 Å². The summed E-state index contributed by atoms with van der Waals surface area (Å²) < 4.78 is 37.7. The molecule has 24 heavy (non-hydrogen) atoms. The highest BCUT2D eigenvalue weighted by Crippen LogP contribution is 2.29. The molecular weight excluding hydrogens is 321 g/mol. The van der Waals surface area contributed by atoms with Gasteiger partial charge in [0.2, 0.25) is 0 Å². The lowest BCUT2D eigenvalue weighted by Gasteiger charge is -2.25. The number of urea groups is 1. The van der Waals surface area contributed by atoms with Crippen molar-refractivity contribution in [1.82, 2.24) is 10.6 Å². The molecule has 1 rings (SSSR count). The average molecular weight is 342 g/mol. The standard InChI is InChI=1S/C17H21F3N2O2/c1-16(2,3)14(23)11-22-15(24)21-9-5-7-12-6-4-8-13(10-12)17(18,19)20/h4,6,8,10,14,23H,9,11H2,1-3H3,(H2,21,22,24). The van der Waals surface area contributed by atoms with Gasteiger partial charge in [-0.2, -0.15) is 13.2 Å². The molecule has 1 unspecified atom stereocenters. The van der Waals surface area contributed by atoms with Gasteiger partial charge in [0.05, 0.1) is 18.2 Å². The van der Waals surface area contributed by atoms with Gasteiger partial charge in [-0.05, 0) is 23.6 Å². The molecule has 0 aromatic heterocycles. The number of hydrogen-bond donors (Lipinski definition) is 3. The summed E-state index contributed by atoms with van der Waals surface area (Å²) in [6, 6.07) is 4.16. The Morgan fingerprint density at radius 3 is 2.50 bits per heavy atom. The molecule has 0 spiro atoms. The number of rotatable bonds is 3. The molecular formula is C17H21F3N2O2. The molecule has 0 aliphatic heterocycles. The minimum atomic E-state index is -4.41. The molecule has 1 atom stereocenters. The monoisotopic (exact) mass is 342 g/mol. The molecule has 7 heteroatoms. The van der Waals surface area contributed by atoms with Gasteiger partial charge in [0.1, 0.15) is 0 Å². The number of alkyl halides is 3. The highest BCUT2D eigenvalue weighted by atomic mass is 19.4. The zero-order valence-electron chi connectivity index (χ0n) is 13.8. The summed E-state index contributed by atoms with van der Waals surface area (Å²) in [6.07, 6.45) is -5.11. The minimum Gasteiger partial charge on any atom is -0.391 e. The van der Waals surface area contributed by atoms with Crippen molar-refractivity contribution in [3.05, 3.63) is 35.4 Å². The van der Waals surface area contributed by atoms with Crippen molar-refractivity contribution in [3.63, 3.8) is 0 Å². The number of aliphatic hydroxyl groups excluding tert-OH is 1. The highest BCUT2D eigenvalue weighted by Gasteiger charge is 2.30. The van der Waals surface area contributed by atoms with Crippen LogP contribution in [0.25, 0.3) is 0 Å². The molecule has 2 amide bonds. The van der Waals surface area contributed by atoms with Gasteiger partial charge in [-0.15, -0.1) is 0 Å². The molecule has 0 aliphatic rings. The topological polar surface area (TPSA) is 61.4 Å². The van der Waals surface area contributed by atoms with Crippen LogP contribution in [0, 0.1) is 17.3 Å². The smallest absolute Gasteiger partial charge is 0.391 e. The van der Waals surface area contributed by atoms with E-state index in [2.05, 4.69) is 22.5 Å². The first-order valence-corrected chi connectivity index (χ1v) is 7.36. The Morgan fingerprint density at radius 2 is 1.92 bits per heavy atom. The summed E-state index contributed by atoms with van der Waals surface area (Å²) in [5.41, 5.74) is -0.900. The van der Waals surface area contributed by atoms with E-state index in [-0.39, 0.29) is 24.1 Å². The number of aliphatic hydroxyl groups is 1. The molecule has 1 aromatic carbocycles. The van der Waals surface area contributed by atoms with E-state index in [4.69, 9.17) is 0 Å². The SMILES string of the molecule is CC(C)(C)C(O)CNC(=O)NCC#Cc1cccc(C(F)(F)F)c1. The molecule has 0 saturated heterocycles.